The number of aryl methyl sites for hydroxylation is 1. The highest BCUT2D eigenvalue weighted by Crippen LogP contribution is 2.33. The lowest BCUT2D eigenvalue weighted by Gasteiger charge is -2.09. The number of aromatic nitrogens is 6. The Labute approximate surface area is 213 Å². The summed E-state index contributed by atoms with van der Waals surface area (Å²) in [4.78, 5) is 29.4. The fraction of sp³-hybridized carbons (Fsp3) is 0.138. The van der Waals surface area contributed by atoms with Crippen LogP contribution in [0.1, 0.15) is 19.4 Å². The Morgan fingerprint density at radius 2 is 1.78 bits per heavy atom. The second-order valence-electron chi connectivity index (χ2n) is 9.46. The van der Waals surface area contributed by atoms with E-state index in [-0.39, 0.29) is 11.8 Å². The molecule has 0 atom stereocenters. The molecule has 0 saturated heterocycles. The number of carbonyl (C=O) groups is 1. The first-order chi connectivity index (χ1) is 18.0. The molecule has 0 spiro atoms. The van der Waals surface area contributed by atoms with E-state index in [4.69, 9.17) is 4.98 Å². The van der Waals surface area contributed by atoms with Crippen molar-refractivity contribution in [3.8, 4) is 33.8 Å². The molecule has 0 fully saturated rings. The number of pyridine rings is 2. The number of H-pyrrole nitrogens is 2. The van der Waals surface area contributed by atoms with E-state index >= 15 is 0 Å². The van der Waals surface area contributed by atoms with Crippen LogP contribution in [0.25, 0.3) is 55.8 Å². The van der Waals surface area contributed by atoms with Crippen molar-refractivity contribution < 1.29 is 4.79 Å². The minimum absolute atomic E-state index is 0.0560. The minimum atomic E-state index is -0.120. The molecule has 6 rings (SSSR count). The van der Waals surface area contributed by atoms with E-state index in [2.05, 4.69) is 67.7 Å². The number of nitrogens with one attached hydrogen (secondary N) is 3. The Morgan fingerprint density at radius 3 is 2.62 bits per heavy atom. The van der Waals surface area contributed by atoms with Gasteiger partial charge in [0.1, 0.15) is 5.69 Å². The van der Waals surface area contributed by atoms with Gasteiger partial charge in [0.2, 0.25) is 5.91 Å². The minimum Gasteiger partial charge on any atom is -0.337 e. The van der Waals surface area contributed by atoms with Gasteiger partial charge >= 0.3 is 0 Å². The molecular formula is C29H25N7O. The summed E-state index contributed by atoms with van der Waals surface area (Å²) in [7, 11) is 0. The molecule has 182 valence electrons. The van der Waals surface area contributed by atoms with Gasteiger partial charge in [0.25, 0.3) is 0 Å². The predicted octanol–water partition coefficient (Wildman–Crippen LogP) is 6.13. The number of amides is 1. The molecule has 8 heteroatoms. The van der Waals surface area contributed by atoms with E-state index in [0.717, 1.165) is 44.4 Å². The van der Waals surface area contributed by atoms with E-state index in [1.54, 1.807) is 18.6 Å². The van der Waals surface area contributed by atoms with Crippen LogP contribution in [0.3, 0.4) is 0 Å². The van der Waals surface area contributed by atoms with Crippen molar-refractivity contribution in [2.24, 2.45) is 5.92 Å². The Balaban J connectivity index is 1.41. The van der Waals surface area contributed by atoms with Gasteiger partial charge < -0.3 is 10.3 Å². The molecular weight excluding hydrogens is 462 g/mol. The van der Waals surface area contributed by atoms with Crippen LogP contribution in [0.4, 0.5) is 5.69 Å². The first kappa shape index (κ1) is 22.6. The predicted molar refractivity (Wildman–Crippen MR) is 146 cm³/mol. The van der Waals surface area contributed by atoms with Gasteiger partial charge in [0, 0.05) is 35.0 Å². The number of benzene rings is 2. The molecule has 0 aliphatic carbocycles. The number of hydrogen-bond acceptors (Lipinski definition) is 5. The molecule has 3 N–H and O–H groups in total. The zero-order valence-electron chi connectivity index (χ0n) is 20.7. The first-order valence-corrected chi connectivity index (χ1v) is 12.1. The topological polar surface area (TPSA) is 112 Å². The molecule has 2 aromatic carbocycles. The Morgan fingerprint density at radius 1 is 0.946 bits per heavy atom. The van der Waals surface area contributed by atoms with Crippen molar-refractivity contribution >= 4 is 33.7 Å². The average Bonchev–Trinajstić information content (AvgIpc) is 3.52. The van der Waals surface area contributed by atoms with Crippen LogP contribution in [-0.2, 0) is 4.79 Å². The first-order valence-electron chi connectivity index (χ1n) is 12.1. The second-order valence-corrected chi connectivity index (χ2v) is 9.46. The molecule has 1 amide bonds. The van der Waals surface area contributed by atoms with Crippen molar-refractivity contribution in [1.29, 1.82) is 0 Å². The monoisotopic (exact) mass is 487 g/mol. The maximum Gasteiger partial charge on any atom is 0.226 e. The van der Waals surface area contributed by atoms with Gasteiger partial charge in [-0.15, -0.1) is 0 Å². The second kappa shape index (κ2) is 8.98. The van der Waals surface area contributed by atoms with Gasteiger partial charge in [0.15, 0.2) is 11.5 Å². The van der Waals surface area contributed by atoms with E-state index < -0.39 is 0 Å². The van der Waals surface area contributed by atoms with Gasteiger partial charge in [-0.05, 0) is 30.7 Å². The number of hydrogen-bond donors (Lipinski definition) is 3. The summed E-state index contributed by atoms with van der Waals surface area (Å²) < 4.78 is 0. The normalized spacial score (nSPS) is 11.5. The number of para-hydroxylation sites is 1. The van der Waals surface area contributed by atoms with Crippen molar-refractivity contribution in [3.63, 3.8) is 0 Å². The molecule has 4 heterocycles. The lowest BCUT2D eigenvalue weighted by atomic mass is 10.0. The molecule has 8 nitrogen and oxygen atoms in total. The summed E-state index contributed by atoms with van der Waals surface area (Å²) in [5, 5.41) is 11.2. The standard InChI is InChI=1S/C29H25N7O/c1-16(2)29(37)32-21-11-19(13-30-15-21)20-12-23-26(35-36-27(23)31-14-20)28-33-24-9-5-8-22(25(24)34-28)18-7-4-6-17(3)10-18/h4-16H,1-3H3,(H,32,37)(H,33,34)(H,31,35,36). The number of nitrogens with zero attached hydrogens (tertiary/aromatic N) is 4. The Hall–Kier alpha value is -4.85. The summed E-state index contributed by atoms with van der Waals surface area (Å²) in [6.07, 6.45) is 5.15. The number of aromatic amines is 2. The van der Waals surface area contributed by atoms with Crippen LogP contribution in [0.2, 0.25) is 0 Å². The van der Waals surface area contributed by atoms with Crippen LogP contribution in [0, 0.1) is 12.8 Å². The fourth-order valence-corrected chi connectivity index (χ4v) is 4.39. The van der Waals surface area contributed by atoms with Crippen LogP contribution in [0.15, 0.2) is 73.2 Å². The van der Waals surface area contributed by atoms with Crippen LogP contribution >= 0.6 is 0 Å². The van der Waals surface area contributed by atoms with E-state index in [9.17, 15) is 4.79 Å². The molecule has 37 heavy (non-hydrogen) atoms. The highest BCUT2D eigenvalue weighted by molar-refractivity contribution is 5.97. The molecule has 0 saturated carbocycles. The zero-order valence-corrected chi connectivity index (χ0v) is 20.7. The van der Waals surface area contributed by atoms with Gasteiger partial charge in [-0.25, -0.2) is 9.97 Å². The summed E-state index contributed by atoms with van der Waals surface area (Å²) in [5.41, 5.74) is 8.93. The average molecular weight is 488 g/mol. The molecule has 0 aliphatic heterocycles. The highest BCUT2D eigenvalue weighted by atomic mass is 16.1. The summed E-state index contributed by atoms with van der Waals surface area (Å²) in [5.74, 6) is 0.512. The SMILES string of the molecule is Cc1cccc(-c2cccc3[nH]c(-c4[nH]nc5ncc(-c6cncc(NC(=O)C(C)C)c6)cc45)nc23)c1. The molecule has 0 bridgehead atoms. The summed E-state index contributed by atoms with van der Waals surface area (Å²) >= 11 is 0. The van der Waals surface area contributed by atoms with Crippen molar-refractivity contribution in [2.45, 2.75) is 20.8 Å². The maximum absolute atomic E-state index is 12.1. The quantitative estimate of drug-likeness (QED) is 0.271. The van der Waals surface area contributed by atoms with Gasteiger partial charge in [-0.3, -0.25) is 14.9 Å². The van der Waals surface area contributed by atoms with Crippen molar-refractivity contribution in [3.05, 3.63) is 78.8 Å². The Bertz CT molecular complexity index is 1780. The summed E-state index contributed by atoms with van der Waals surface area (Å²) in [6, 6.07) is 18.5. The maximum atomic E-state index is 12.1. The van der Waals surface area contributed by atoms with Crippen LogP contribution < -0.4 is 5.32 Å². The smallest absolute Gasteiger partial charge is 0.226 e. The molecule has 0 aliphatic rings. The molecule has 4 aromatic heterocycles. The fourth-order valence-electron chi connectivity index (χ4n) is 4.39. The van der Waals surface area contributed by atoms with Crippen LogP contribution in [-0.4, -0.2) is 36.0 Å². The highest BCUT2D eigenvalue weighted by Gasteiger charge is 2.16. The third-order valence-electron chi connectivity index (χ3n) is 6.35. The molecule has 0 unspecified atom stereocenters. The van der Waals surface area contributed by atoms with E-state index in [0.29, 0.717) is 17.2 Å². The van der Waals surface area contributed by atoms with Crippen molar-refractivity contribution in [1.82, 2.24) is 30.1 Å². The van der Waals surface area contributed by atoms with E-state index in [1.807, 2.05) is 38.1 Å². The summed E-state index contributed by atoms with van der Waals surface area (Å²) in [6.45, 7) is 5.80. The molecule has 6 aromatic rings. The lowest BCUT2D eigenvalue weighted by Crippen LogP contribution is -2.17. The third-order valence-corrected chi connectivity index (χ3v) is 6.35. The van der Waals surface area contributed by atoms with Gasteiger partial charge in [0.05, 0.1) is 28.3 Å². The lowest BCUT2D eigenvalue weighted by molar-refractivity contribution is -0.118. The van der Waals surface area contributed by atoms with E-state index in [1.165, 1.54) is 5.56 Å². The van der Waals surface area contributed by atoms with Gasteiger partial charge in [-0.2, -0.15) is 5.10 Å². The largest absolute Gasteiger partial charge is 0.337 e. The number of fused-ring (bicyclic) bond motifs is 2. The van der Waals surface area contributed by atoms with Crippen molar-refractivity contribution in [2.75, 3.05) is 5.32 Å². The third kappa shape index (κ3) is 4.23. The zero-order chi connectivity index (χ0) is 25.5. The number of rotatable bonds is 5. The number of carbonyl (C=O) groups excluding carboxylic acids is 1. The van der Waals surface area contributed by atoms with Crippen LogP contribution in [0.5, 0.6) is 0 Å². The number of anilines is 1. The van der Waals surface area contributed by atoms with Gasteiger partial charge in [-0.1, -0.05) is 55.8 Å². The Kier molecular flexibility index (Phi) is 5.49. The number of imidazole rings is 1. The molecule has 0 radical (unpaired) electrons.